The van der Waals surface area contributed by atoms with Crippen molar-refractivity contribution >= 4 is 51.0 Å². The van der Waals surface area contributed by atoms with Gasteiger partial charge in [0.15, 0.2) is 11.5 Å². The highest BCUT2D eigenvalue weighted by Gasteiger charge is 2.30. The molecule has 0 unspecified atom stereocenters. The lowest BCUT2D eigenvalue weighted by Gasteiger charge is -2.25. The highest BCUT2D eigenvalue weighted by atomic mass is 32.2. The van der Waals surface area contributed by atoms with Crippen LogP contribution in [0.2, 0.25) is 0 Å². The maximum Gasteiger partial charge on any atom is 0.242 e. The van der Waals surface area contributed by atoms with Crippen LogP contribution in [0.4, 0.5) is 5.69 Å². The van der Waals surface area contributed by atoms with Gasteiger partial charge in [-0.3, -0.25) is 14.4 Å². The van der Waals surface area contributed by atoms with Crippen molar-refractivity contribution in [2.24, 2.45) is 0 Å². The van der Waals surface area contributed by atoms with Crippen LogP contribution >= 0.6 is 23.5 Å². The SMILES string of the molecule is COc1cc2c(c(OC)c1OC)-c1ccc(N[C@@H](CCSC)C(=O)NCCS(=O)(=O)N3CCSCC3)c(=O)cc1[C@@H](NC(C)=O)CC2. The topological polar surface area (TPSA) is 152 Å². The molecule has 15 heteroatoms. The standard InChI is InChI=1S/C32H44N4O8S3/c1-20(37)34-24-8-6-21-18-28(42-2)30(43-3)31(44-4)29(21)22-7-9-25(27(38)19-23(22)24)35-26(10-14-45-5)32(39)33-11-17-47(40,41)36-12-15-46-16-13-36/h7,9,18-19,24,26H,6,8,10-17H2,1-5H3,(H,33,39)(H,34,37)(H,35,38)/t24-,26-/m0/s1. The molecule has 1 heterocycles. The summed E-state index contributed by atoms with van der Waals surface area (Å²) in [6.07, 6.45) is 3.41. The number of fused-ring (bicyclic) bond motifs is 3. The molecule has 0 bridgehead atoms. The third-order valence-electron chi connectivity index (χ3n) is 8.20. The van der Waals surface area contributed by atoms with Gasteiger partial charge in [-0.25, -0.2) is 12.7 Å². The molecule has 2 aliphatic rings. The smallest absolute Gasteiger partial charge is 0.242 e. The van der Waals surface area contributed by atoms with Crippen LogP contribution in [0, 0.1) is 0 Å². The van der Waals surface area contributed by atoms with Crippen molar-refractivity contribution in [2.45, 2.75) is 38.3 Å². The second-order valence-corrected chi connectivity index (χ2v) is 15.5. The quantitative estimate of drug-likeness (QED) is 0.266. The third kappa shape index (κ3) is 8.86. The van der Waals surface area contributed by atoms with Gasteiger partial charge in [0, 0.05) is 43.6 Å². The molecule has 2 aromatic rings. The van der Waals surface area contributed by atoms with Crippen molar-refractivity contribution in [1.29, 1.82) is 0 Å². The average molecular weight is 709 g/mol. The van der Waals surface area contributed by atoms with E-state index in [-0.39, 0.29) is 29.3 Å². The zero-order valence-corrected chi connectivity index (χ0v) is 29.9. The zero-order chi connectivity index (χ0) is 34.1. The Bertz CT molecular complexity index is 1620. The second-order valence-electron chi connectivity index (χ2n) is 11.2. The Balaban J connectivity index is 1.69. The number of carbonyl (C=O) groups is 2. The number of carbonyl (C=O) groups excluding carboxylic acids is 2. The number of benzene rings is 1. The molecular weight excluding hydrogens is 665 g/mol. The average Bonchev–Trinajstić information content (AvgIpc) is 3.30. The molecule has 1 fully saturated rings. The Kier molecular flexibility index (Phi) is 13.1. The molecule has 3 N–H and O–H groups in total. The number of nitrogens with zero attached hydrogens (tertiary/aromatic N) is 1. The van der Waals surface area contributed by atoms with Gasteiger partial charge < -0.3 is 30.2 Å². The van der Waals surface area contributed by atoms with Gasteiger partial charge in [-0.1, -0.05) is 6.07 Å². The third-order valence-corrected chi connectivity index (χ3v) is 11.7. The summed E-state index contributed by atoms with van der Waals surface area (Å²) < 4.78 is 44.2. The molecule has 1 aliphatic heterocycles. The number of aryl methyl sites for hydroxylation is 1. The normalized spacial score (nSPS) is 16.9. The number of anilines is 1. The number of methoxy groups -OCH3 is 3. The summed E-state index contributed by atoms with van der Waals surface area (Å²) in [6.45, 7) is 2.34. The van der Waals surface area contributed by atoms with Gasteiger partial charge in [-0.05, 0) is 66.2 Å². The van der Waals surface area contributed by atoms with E-state index in [0.717, 1.165) is 22.6 Å². The lowest BCUT2D eigenvalue weighted by Crippen LogP contribution is -2.45. The molecule has 12 nitrogen and oxygen atoms in total. The highest BCUT2D eigenvalue weighted by molar-refractivity contribution is 7.99. The molecule has 2 aromatic carbocycles. The molecule has 2 atom stereocenters. The van der Waals surface area contributed by atoms with Gasteiger partial charge in [0.1, 0.15) is 6.04 Å². The Morgan fingerprint density at radius 2 is 1.81 bits per heavy atom. The van der Waals surface area contributed by atoms with Gasteiger partial charge in [0.2, 0.25) is 33.0 Å². The van der Waals surface area contributed by atoms with Crippen LogP contribution in [0.15, 0.2) is 29.1 Å². The molecule has 258 valence electrons. The Hall–Kier alpha value is -3.14. The minimum Gasteiger partial charge on any atom is -0.493 e. The predicted octanol–water partition coefficient (Wildman–Crippen LogP) is 2.89. The van der Waals surface area contributed by atoms with Crippen LogP contribution in [0.25, 0.3) is 11.1 Å². The number of thioether (sulfide) groups is 2. The van der Waals surface area contributed by atoms with Gasteiger partial charge in [0.25, 0.3) is 0 Å². The molecular formula is C32H44N4O8S3. The zero-order valence-electron chi connectivity index (χ0n) is 27.5. The molecule has 2 amide bonds. The van der Waals surface area contributed by atoms with Gasteiger partial charge in [-0.15, -0.1) is 0 Å². The fourth-order valence-corrected chi connectivity index (χ4v) is 8.86. The van der Waals surface area contributed by atoms with Gasteiger partial charge in [-0.2, -0.15) is 23.5 Å². The summed E-state index contributed by atoms with van der Waals surface area (Å²) in [7, 11) is 1.12. The minimum atomic E-state index is -3.49. The van der Waals surface area contributed by atoms with Crippen molar-refractivity contribution in [2.75, 3.05) is 75.5 Å². The van der Waals surface area contributed by atoms with E-state index in [1.165, 1.54) is 31.5 Å². The fourth-order valence-electron chi connectivity index (χ4n) is 5.90. The number of sulfonamides is 1. The second kappa shape index (κ2) is 16.8. The number of nitrogens with one attached hydrogen (secondary N) is 3. The first kappa shape index (κ1) is 36.7. The molecule has 0 radical (unpaired) electrons. The monoisotopic (exact) mass is 708 g/mol. The van der Waals surface area contributed by atoms with E-state index in [1.54, 1.807) is 42.8 Å². The fraction of sp³-hybridized carbons (Fsp3) is 0.531. The number of ether oxygens (including phenoxy) is 3. The van der Waals surface area contributed by atoms with Gasteiger partial charge in [0.05, 0.1) is 38.8 Å². The lowest BCUT2D eigenvalue weighted by atomic mass is 9.95. The summed E-state index contributed by atoms with van der Waals surface area (Å²) in [5.74, 6) is 2.67. The Labute approximate surface area is 285 Å². The summed E-state index contributed by atoms with van der Waals surface area (Å²) in [4.78, 5) is 39.4. The molecule has 1 aliphatic carbocycles. The van der Waals surface area contributed by atoms with Crippen LogP contribution in [0.3, 0.4) is 0 Å². The van der Waals surface area contributed by atoms with Crippen LogP contribution < -0.4 is 35.6 Å². The van der Waals surface area contributed by atoms with E-state index < -0.39 is 28.0 Å². The van der Waals surface area contributed by atoms with Crippen molar-refractivity contribution in [3.63, 3.8) is 0 Å². The predicted molar refractivity (Wildman–Crippen MR) is 189 cm³/mol. The molecule has 0 aromatic heterocycles. The lowest BCUT2D eigenvalue weighted by molar-refractivity contribution is -0.122. The van der Waals surface area contributed by atoms with Crippen molar-refractivity contribution in [3.8, 4) is 28.4 Å². The van der Waals surface area contributed by atoms with E-state index in [4.69, 9.17) is 14.2 Å². The summed E-state index contributed by atoms with van der Waals surface area (Å²) in [6, 6.07) is 5.55. The first-order valence-corrected chi connectivity index (χ1v) is 19.6. The highest BCUT2D eigenvalue weighted by Crippen LogP contribution is 2.50. The number of hydrogen-bond donors (Lipinski definition) is 3. The van der Waals surface area contributed by atoms with E-state index in [0.29, 0.717) is 66.5 Å². The number of amides is 2. The molecule has 4 rings (SSSR count). The summed E-state index contributed by atoms with van der Waals surface area (Å²) in [5.41, 5.74) is 2.73. The van der Waals surface area contributed by atoms with E-state index in [2.05, 4.69) is 16.0 Å². The Morgan fingerprint density at radius 1 is 1.09 bits per heavy atom. The molecule has 0 spiro atoms. The van der Waals surface area contributed by atoms with Gasteiger partial charge >= 0.3 is 0 Å². The van der Waals surface area contributed by atoms with Crippen LogP contribution in [-0.2, 0) is 26.0 Å². The summed E-state index contributed by atoms with van der Waals surface area (Å²) in [5, 5.41) is 8.89. The minimum absolute atomic E-state index is 0.0381. The first-order chi connectivity index (χ1) is 22.5. The van der Waals surface area contributed by atoms with Crippen molar-refractivity contribution in [1.82, 2.24) is 14.9 Å². The largest absolute Gasteiger partial charge is 0.493 e. The van der Waals surface area contributed by atoms with E-state index >= 15 is 0 Å². The number of rotatable bonds is 14. The maximum atomic E-state index is 13.8. The molecule has 1 saturated heterocycles. The van der Waals surface area contributed by atoms with E-state index in [9.17, 15) is 22.8 Å². The Morgan fingerprint density at radius 3 is 2.45 bits per heavy atom. The number of hydrogen-bond acceptors (Lipinski definition) is 11. The van der Waals surface area contributed by atoms with Crippen molar-refractivity contribution < 1.29 is 32.2 Å². The summed E-state index contributed by atoms with van der Waals surface area (Å²) >= 11 is 3.28. The van der Waals surface area contributed by atoms with Crippen LogP contribution in [0.5, 0.6) is 17.2 Å². The molecule has 0 saturated carbocycles. The first-order valence-electron chi connectivity index (χ1n) is 15.4. The van der Waals surface area contributed by atoms with Crippen molar-refractivity contribution in [3.05, 3.63) is 45.6 Å². The maximum absolute atomic E-state index is 13.8. The molecule has 47 heavy (non-hydrogen) atoms. The van der Waals surface area contributed by atoms with Crippen LogP contribution in [0.1, 0.15) is 36.9 Å². The van der Waals surface area contributed by atoms with Crippen LogP contribution in [-0.4, -0.2) is 101 Å². The van der Waals surface area contributed by atoms with E-state index in [1.807, 2.05) is 12.3 Å².